The van der Waals surface area contributed by atoms with Crippen molar-refractivity contribution in [1.29, 1.82) is 0 Å². The number of rotatable bonds is 20. The van der Waals surface area contributed by atoms with Crippen LogP contribution in [0, 0.1) is 0 Å². The van der Waals surface area contributed by atoms with Gasteiger partial charge in [0.2, 0.25) is 0 Å². The summed E-state index contributed by atoms with van der Waals surface area (Å²) in [5, 5.41) is 41.4. The van der Waals surface area contributed by atoms with Crippen LogP contribution in [-0.2, 0) is 51.4 Å². The number of aliphatic hydroxyl groups excluding tert-OH is 4. The van der Waals surface area contributed by atoms with Gasteiger partial charge in [-0.3, -0.25) is 0 Å². The van der Waals surface area contributed by atoms with Gasteiger partial charge < -0.3 is 39.4 Å². The highest BCUT2D eigenvalue weighted by molar-refractivity contribution is 5.59. The van der Waals surface area contributed by atoms with Crippen LogP contribution in [0.1, 0.15) is 89.0 Å². The fourth-order valence-corrected chi connectivity index (χ4v) is 10.2. The predicted molar refractivity (Wildman–Crippen MR) is 284 cm³/mol. The van der Waals surface area contributed by atoms with Crippen LogP contribution in [0.25, 0.3) is 0 Å². The maximum atomic E-state index is 10.3. The third kappa shape index (κ3) is 12.8. The van der Waals surface area contributed by atoms with Crippen LogP contribution < -0.4 is 18.9 Å². The van der Waals surface area contributed by atoms with Crippen molar-refractivity contribution >= 4 is 0 Å². The van der Waals surface area contributed by atoms with E-state index in [-0.39, 0.29) is 52.9 Å². The molecule has 0 aliphatic heterocycles. The van der Waals surface area contributed by atoms with E-state index in [1.165, 1.54) is 22.3 Å². The Morgan fingerprint density at radius 2 is 0.431 bits per heavy atom. The van der Waals surface area contributed by atoms with Crippen LogP contribution in [0.3, 0.4) is 0 Å². The Morgan fingerprint density at radius 3 is 0.597 bits per heavy atom. The van der Waals surface area contributed by atoms with E-state index in [1.807, 2.05) is 24.3 Å². The lowest BCUT2D eigenvalue weighted by Gasteiger charge is -2.25. The number of ether oxygens (including phenoxy) is 4. The Bertz CT molecular complexity index is 2510. The standard InChI is InChI=1S/C64H64O8/c65-21-25-69-61-53-33-49(29-45-13-5-1-6-14-45)34-54(61)42-56-36-51(31-47-17-9-3-10-18-47)38-58(63(56)71-27-23-67)44-60-40-52(32-48-19-11-4-12-20-48)39-59(64(60)72-28-24-68)43-57-37-50(30-46-15-7-2-8-16-46)35-55(41-53)62(57)70-26-22-66/h1-20,33-40,65-68H,21-32,41-44H2. The van der Waals surface area contributed by atoms with E-state index in [2.05, 4.69) is 146 Å². The maximum absolute atomic E-state index is 10.3. The highest BCUT2D eigenvalue weighted by Crippen LogP contribution is 2.42. The van der Waals surface area contributed by atoms with Gasteiger partial charge >= 0.3 is 0 Å². The number of aliphatic hydroxyl groups is 4. The number of hydrogen-bond donors (Lipinski definition) is 4. The molecule has 1 aliphatic rings. The van der Waals surface area contributed by atoms with Crippen molar-refractivity contribution in [3.05, 3.63) is 259 Å². The zero-order chi connectivity index (χ0) is 49.5. The van der Waals surface area contributed by atoms with E-state index in [9.17, 15) is 20.4 Å². The van der Waals surface area contributed by atoms with Crippen molar-refractivity contribution in [1.82, 2.24) is 0 Å². The molecule has 9 rings (SSSR count). The van der Waals surface area contributed by atoms with E-state index < -0.39 is 0 Å². The average molecular weight is 961 g/mol. The van der Waals surface area contributed by atoms with Crippen molar-refractivity contribution in [2.45, 2.75) is 51.4 Å². The summed E-state index contributed by atoms with van der Waals surface area (Å²) in [4.78, 5) is 0. The summed E-state index contributed by atoms with van der Waals surface area (Å²) in [6.07, 6.45) is 4.41. The second-order valence-corrected chi connectivity index (χ2v) is 18.6. The Morgan fingerprint density at radius 1 is 0.250 bits per heavy atom. The molecule has 0 saturated carbocycles. The molecule has 0 spiro atoms. The van der Waals surface area contributed by atoms with Gasteiger partial charge in [-0.15, -0.1) is 0 Å². The summed E-state index contributed by atoms with van der Waals surface area (Å²) in [7, 11) is 0. The Kier molecular flexibility index (Phi) is 17.1. The molecule has 0 fully saturated rings. The molecule has 8 nitrogen and oxygen atoms in total. The maximum Gasteiger partial charge on any atom is 0.126 e. The molecule has 0 amide bonds. The molecule has 8 aromatic carbocycles. The van der Waals surface area contributed by atoms with E-state index in [4.69, 9.17) is 18.9 Å². The number of fused-ring (bicyclic) bond motifs is 8. The number of benzene rings is 8. The largest absolute Gasteiger partial charge is 0.491 e. The summed E-state index contributed by atoms with van der Waals surface area (Å²) < 4.78 is 26.8. The Hall–Kier alpha value is -7.20. The fraction of sp³-hybridized carbons (Fsp3) is 0.250. The Labute approximate surface area is 423 Å². The van der Waals surface area contributed by atoms with Crippen LogP contribution in [-0.4, -0.2) is 73.3 Å². The molecule has 8 aromatic rings. The van der Waals surface area contributed by atoms with E-state index >= 15 is 0 Å². The lowest BCUT2D eigenvalue weighted by atomic mass is 9.86. The lowest BCUT2D eigenvalue weighted by Crippen LogP contribution is -2.14. The first-order chi connectivity index (χ1) is 35.5. The minimum Gasteiger partial charge on any atom is -0.491 e. The van der Waals surface area contributed by atoms with Gasteiger partial charge in [0.25, 0.3) is 0 Å². The molecule has 0 heterocycles. The van der Waals surface area contributed by atoms with Crippen LogP contribution in [0.15, 0.2) is 170 Å². The van der Waals surface area contributed by atoms with Crippen LogP contribution in [0.2, 0.25) is 0 Å². The SMILES string of the molecule is OCCOc1c2cc(Cc3ccccc3)cc1Cc1cc(Cc3ccccc3)cc(c1OCCO)Cc1cc(Cc3ccccc3)cc(c1OCCO)Cc1cc(Cc3ccccc3)cc(c1OCCO)C2. The van der Waals surface area contributed by atoms with E-state index in [0.717, 1.165) is 66.8 Å². The highest BCUT2D eigenvalue weighted by atomic mass is 16.5. The molecule has 368 valence electrons. The predicted octanol–water partition coefficient (Wildman–Crippen LogP) is 10.2. The molecule has 1 aliphatic carbocycles. The highest BCUT2D eigenvalue weighted by Gasteiger charge is 2.25. The second kappa shape index (κ2) is 24.8. The minimum atomic E-state index is -0.168. The van der Waals surface area contributed by atoms with Gasteiger partial charge in [0.15, 0.2) is 0 Å². The molecule has 0 unspecified atom stereocenters. The molecular formula is C64H64O8. The molecule has 4 N–H and O–H groups in total. The molecule has 0 aromatic heterocycles. The summed E-state index contributed by atoms with van der Waals surface area (Å²) >= 11 is 0. The van der Waals surface area contributed by atoms with Gasteiger partial charge in [-0.1, -0.05) is 170 Å². The van der Waals surface area contributed by atoms with Crippen molar-refractivity contribution in [3.63, 3.8) is 0 Å². The van der Waals surface area contributed by atoms with Gasteiger partial charge in [-0.2, -0.15) is 0 Å². The van der Waals surface area contributed by atoms with Crippen LogP contribution in [0.5, 0.6) is 23.0 Å². The molecule has 0 radical (unpaired) electrons. The van der Waals surface area contributed by atoms with Gasteiger partial charge in [0, 0.05) is 25.7 Å². The zero-order valence-corrected chi connectivity index (χ0v) is 40.9. The van der Waals surface area contributed by atoms with Crippen LogP contribution >= 0.6 is 0 Å². The summed E-state index contributed by atoms with van der Waals surface area (Å²) in [6, 6.07) is 59.6. The molecule has 0 saturated heterocycles. The van der Waals surface area contributed by atoms with Gasteiger partial charge in [0.1, 0.15) is 49.4 Å². The van der Waals surface area contributed by atoms with Gasteiger partial charge in [-0.05, 0) is 115 Å². The average Bonchev–Trinajstić information content (AvgIpc) is 3.39. The first kappa shape index (κ1) is 49.8. The topological polar surface area (TPSA) is 118 Å². The van der Waals surface area contributed by atoms with Crippen LogP contribution in [0.4, 0.5) is 0 Å². The monoisotopic (exact) mass is 960 g/mol. The summed E-state index contributed by atoms with van der Waals surface area (Å²) in [5.41, 5.74) is 16.6. The molecule has 8 bridgehead atoms. The van der Waals surface area contributed by atoms with E-state index in [0.29, 0.717) is 74.4 Å². The molecule has 72 heavy (non-hydrogen) atoms. The quantitative estimate of drug-likeness (QED) is 0.0597. The third-order valence-corrected chi connectivity index (χ3v) is 13.1. The minimum absolute atomic E-state index is 0.0922. The van der Waals surface area contributed by atoms with Crippen molar-refractivity contribution < 1.29 is 39.4 Å². The lowest BCUT2D eigenvalue weighted by molar-refractivity contribution is 0.197. The Balaban J connectivity index is 1.34. The first-order valence-electron chi connectivity index (χ1n) is 25.2. The van der Waals surface area contributed by atoms with E-state index in [1.54, 1.807) is 0 Å². The van der Waals surface area contributed by atoms with Crippen molar-refractivity contribution in [2.75, 3.05) is 52.9 Å². The third-order valence-electron chi connectivity index (χ3n) is 13.1. The number of hydrogen-bond acceptors (Lipinski definition) is 8. The van der Waals surface area contributed by atoms with Gasteiger partial charge in [0.05, 0.1) is 26.4 Å². The van der Waals surface area contributed by atoms with Crippen molar-refractivity contribution in [2.24, 2.45) is 0 Å². The smallest absolute Gasteiger partial charge is 0.126 e. The molecular weight excluding hydrogens is 897 g/mol. The van der Waals surface area contributed by atoms with Gasteiger partial charge in [-0.25, -0.2) is 0 Å². The molecule has 0 atom stereocenters. The normalized spacial score (nSPS) is 12.1. The summed E-state index contributed by atoms with van der Waals surface area (Å²) in [5.74, 6) is 2.76. The summed E-state index contributed by atoms with van der Waals surface area (Å²) in [6.45, 7) is -0.304. The molecule has 8 heteroatoms. The second-order valence-electron chi connectivity index (χ2n) is 18.6. The first-order valence-corrected chi connectivity index (χ1v) is 25.2. The van der Waals surface area contributed by atoms with Crippen molar-refractivity contribution in [3.8, 4) is 23.0 Å². The zero-order valence-electron chi connectivity index (χ0n) is 40.9. The fourth-order valence-electron chi connectivity index (χ4n) is 10.2.